The van der Waals surface area contributed by atoms with Gasteiger partial charge in [0.1, 0.15) is 0 Å². The van der Waals surface area contributed by atoms with Crippen molar-refractivity contribution in [3.8, 4) is 0 Å². The first kappa shape index (κ1) is 8.26. The standard InChI is InChI=1S/C8H9N3O/c9-6-4-2-1-3-5(6)7(10)8(11)12/h1-4,10H,9H2,(H2,11,12)/p+1. The molecule has 0 heterocycles. The summed E-state index contributed by atoms with van der Waals surface area (Å²) < 4.78 is 0. The lowest BCUT2D eigenvalue weighted by atomic mass is 10.1. The third-order valence-corrected chi connectivity index (χ3v) is 1.52. The van der Waals surface area contributed by atoms with E-state index in [0.717, 1.165) is 0 Å². The number of hydrogen-bond acceptors (Lipinski definition) is 2. The second kappa shape index (κ2) is 3.04. The molecule has 0 aliphatic carbocycles. The molecule has 0 aliphatic rings. The van der Waals surface area contributed by atoms with Crippen molar-refractivity contribution in [2.45, 2.75) is 0 Å². The van der Waals surface area contributed by atoms with E-state index < -0.39 is 5.91 Å². The Kier molecular flexibility index (Phi) is 2.09. The van der Waals surface area contributed by atoms with Crippen LogP contribution in [0.1, 0.15) is 5.56 Å². The van der Waals surface area contributed by atoms with Gasteiger partial charge in [0.05, 0.1) is 5.56 Å². The van der Waals surface area contributed by atoms with Gasteiger partial charge in [-0.05, 0) is 12.1 Å². The number of hydrogen-bond donors (Lipinski definition) is 3. The van der Waals surface area contributed by atoms with E-state index in [-0.39, 0.29) is 5.71 Å². The van der Waals surface area contributed by atoms with Crippen molar-refractivity contribution >= 4 is 17.3 Å². The Bertz CT molecular complexity index is 333. The van der Waals surface area contributed by atoms with Gasteiger partial charge in [-0.15, -0.1) is 0 Å². The van der Waals surface area contributed by atoms with Crippen LogP contribution in [0.2, 0.25) is 0 Å². The second-order valence-electron chi connectivity index (χ2n) is 2.37. The zero-order valence-corrected chi connectivity index (χ0v) is 6.45. The molecule has 0 radical (unpaired) electrons. The van der Waals surface area contributed by atoms with Crippen LogP contribution in [-0.4, -0.2) is 11.6 Å². The summed E-state index contributed by atoms with van der Waals surface area (Å²) in [5.41, 5.74) is 11.5. The number of benzene rings is 1. The average molecular weight is 164 g/mol. The second-order valence-corrected chi connectivity index (χ2v) is 2.37. The van der Waals surface area contributed by atoms with Crippen molar-refractivity contribution in [3.63, 3.8) is 0 Å². The fourth-order valence-corrected chi connectivity index (χ4v) is 0.875. The fraction of sp³-hybridized carbons (Fsp3) is 0. The van der Waals surface area contributed by atoms with E-state index in [9.17, 15) is 4.79 Å². The zero-order chi connectivity index (χ0) is 9.14. The highest BCUT2D eigenvalue weighted by atomic mass is 16.1. The molecule has 0 aromatic heterocycles. The Hall–Kier alpha value is -1.84. The SMILES string of the molecule is NC(=O)C(=[NH2+])c1ccccc1N. The monoisotopic (exact) mass is 164 g/mol. The summed E-state index contributed by atoms with van der Waals surface area (Å²) in [6.45, 7) is 0. The first-order valence-corrected chi connectivity index (χ1v) is 3.40. The first-order chi connectivity index (χ1) is 5.63. The minimum atomic E-state index is -0.659. The highest BCUT2D eigenvalue weighted by Gasteiger charge is 2.15. The van der Waals surface area contributed by atoms with Crippen molar-refractivity contribution in [1.82, 2.24) is 0 Å². The van der Waals surface area contributed by atoms with E-state index in [1.54, 1.807) is 24.3 Å². The Balaban J connectivity index is 3.11. The molecule has 1 aromatic carbocycles. The zero-order valence-electron chi connectivity index (χ0n) is 6.45. The van der Waals surface area contributed by atoms with Gasteiger partial charge >= 0.3 is 5.91 Å². The predicted molar refractivity (Wildman–Crippen MR) is 46.1 cm³/mol. The van der Waals surface area contributed by atoms with Crippen LogP contribution in [0.3, 0.4) is 0 Å². The van der Waals surface area contributed by atoms with Crippen molar-refractivity contribution in [2.24, 2.45) is 5.73 Å². The van der Waals surface area contributed by atoms with Gasteiger partial charge in [0, 0.05) is 5.69 Å². The van der Waals surface area contributed by atoms with Crippen LogP contribution in [0.4, 0.5) is 5.69 Å². The Morgan fingerprint density at radius 1 is 1.33 bits per heavy atom. The third kappa shape index (κ3) is 1.42. The largest absolute Gasteiger partial charge is 0.398 e. The number of anilines is 1. The van der Waals surface area contributed by atoms with E-state index in [1.807, 2.05) is 0 Å². The number of para-hydroxylation sites is 1. The number of nitrogens with two attached hydrogens (primary N) is 3. The molecule has 12 heavy (non-hydrogen) atoms. The van der Waals surface area contributed by atoms with E-state index in [4.69, 9.17) is 16.9 Å². The van der Waals surface area contributed by atoms with Crippen LogP contribution in [0.5, 0.6) is 0 Å². The van der Waals surface area contributed by atoms with Gasteiger partial charge in [0.25, 0.3) is 5.71 Å². The third-order valence-electron chi connectivity index (χ3n) is 1.52. The van der Waals surface area contributed by atoms with Crippen LogP contribution >= 0.6 is 0 Å². The van der Waals surface area contributed by atoms with Gasteiger partial charge in [-0.2, -0.15) is 0 Å². The van der Waals surface area contributed by atoms with Crippen LogP contribution in [0.15, 0.2) is 24.3 Å². The molecule has 0 bridgehead atoms. The number of carbonyl (C=O) groups is 1. The number of rotatable bonds is 2. The first-order valence-electron chi connectivity index (χ1n) is 3.40. The van der Waals surface area contributed by atoms with Crippen LogP contribution < -0.4 is 16.9 Å². The molecular formula is C8H10N3O+. The van der Waals surface area contributed by atoms with Gasteiger partial charge in [0.15, 0.2) is 0 Å². The molecule has 4 nitrogen and oxygen atoms in total. The smallest absolute Gasteiger partial charge is 0.313 e. The van der Waals surface area contributed by atoms with Gasteiger partial charge in [0.2, 0.25) is 0 Å². The summed E-state index contributed by atoms with van der Waals surface area (Å²) in [4.78, 5) is 10.7. The molecule has 1 aromatic rings. The Morgan fingerprint density at radius 2 is 1.92 bits per heavy atom. The molecule has 62 valence electrons. The van der Waals surface area contributed by atoms with E-state index in [1.165, 1.54) is 0 Å². The highest BCUT2D eigenvalue weighted by molar-refractivity contribution is 6.43. The maximum Gasteiger partial charge on any atom is 0.313 e. The number of carbonyl (C=O) groups excluding carboxylic acids is 1. The van der Waals surface area contributed by atoms with Gasteiger partial charge < -0.3 is 11.5 Å². The summed E-state index contributed by atoms with van der Waals surface area (Å²) in [6, 6.07) is 6.80. The minimum Gasteiger partial charge on any atom is -0.398 e. The molecule has 1 rings (SSSR count). The Morgan fingerprint density at radius 3 is 2.42 bits per heavy atom. The molecule has 0 fully saturated rings. The number of amides is 1. The molecule has 1 amide bonds. The molecule has 0 saturated carbocycles. The number of nitrogen functional groups attached to an aromatic ring is 1. The molecular weight excluding hydrogens is 154 g/mol. The summed E-state index contributed by atoms with van der Waals surface area (Å²) in [5, 5.41) is 5.40. The molecule has 4 heteroatoms. The number of primary amides is 1. The normalized spacial score (nSPS) is 9.33. The maximum absolute atomic E-state index is 10.7. The van der Waals surface area contributed by atoms with Crippen molar-refractivity contribution in [3.05, 3.63) is 29.8 Å². The van der Waals surface area contributed by atoms with Crippen molar-refractivity contribution < 1.29 is 10.2 Å². The van der Waals surface area contributed by atoms with Crippen LogP contribution in [-0.2, 0) is 4.79 Å². The van der Waals surface area contributed by atoms with Gasteiger partial charge in [-0.3, -0.25) is 4.79 Å². The molecule has 0 atom stereocenters. The molecule has 0 spiro atoms. The van der Waals surface area contributed by atoms with Crippen molar-refractivity contribution in [1.29, 1.82) is 0 Å². The maximum atomic E-state index is 10.7. The lowest BCUT2D eigenvalue weighted by molar-refractivity contribution is -0.133. The molecule has 0 aliphatic heterocycles. The molecule has 0 saturated heterocycles. The highest BCUT2D eigenvalue weighted by Crippen LogP contribution is 2.09. The lowest BCUT2D eigenvalue weighted by Gasteiger charge is -1.98. The quantitative estimate of drug-likeness (QED) is 0.359. The molecule has 6 N–H and O–H groups in total. The summed E-state index contributed by atoms with van der Waals surface area (Å²) in [7, 11) is 0. The molecule has 0 unspecified atom stereocenters. The van der Waals surface area contributed by atoms with Gasteiger partial charge in [-0.25, -0.2) is 5.41 Å². The van der Waals surface area contributed by atoms with Crippen LogP contribution in [0.25, 0.3) is 0 Å². The van der Waals surface area contributed by atoms with E-state index in [0.29, 0.717) is 11.3 Å². The van der Waals surface area contributed by atoms with E-state index >= 15 is 0 Å². The predicted octanol–water partition coefficient (Wildman–Crippen LogP) is -1.70. The van der Waals surface area contributed by atoms with Crippen LogP contribution in [0, 0.1) is 0 Å². The summed E-state index contributed by atoms with van der Waals surface area (Å²) in [6.07, 6.45) is 0. The lowest BCUT2D eigenvalue weighted by Crippen LogP contribution is -2.48. The average Bonchev–Trinajstić information content (AvgIpc) is 2.04. The summed E-state index contributed by atoms with van der Waals surface area (Å²) >= 11 is 0. The van der Waals surface area contributed by atoms with Crippen molar-refractivity contribution in [2.75, 3.05) is 5.73 Å². The Labute approximate surface area is 69.7 Å². The summed E-state index contributed by atoms with van der Waals surface area (Å²) in [5.74, 6) is -0.659. The van der Waals surface area contributed by atoms with E-state index in [2.05, 4.69) is 0 Å². The van der Waals surface area contributed by atoms with Gasteiger partial charge in [-0.1, -0.05) is 12.1 Å². The fourth-order valence-electron chi connectivity index (χ4n) is 0.875. The minimum absolute atomic E-state index is 0.00639. The topological polar surface area (TPSA) is 94.7 Å².